The molecule has 1 fully saturated rings. The van der Waals surface area contributed by atoms with Crippen LogP contribution < -0.4 is 0 Å². The third kappa shape index (κ3) is 3.57. The minimum absolute atomic E-state index is 0.0677. The van der Waals surface area contributed by atoms with Gasteiger partial charge in [-0.25, -0.2) is 0 Å². The summed E-state index contributed by atoms with van der Waals surface area (Å²) in [4.78, 5) is 0. The van der Waals surface area contributed by atoms with Gasteiger partial charge in [-0.3, -0.25) is 4.18 Å². The minimum atomic E-state index is -3.62. The highest BCUT2D eigenvalue weighted by molar-refractivity contribution is 7.86. The summed E-state index contributed by atoms with van der Waals surface area (Å²) in [6.07, 6.45) is 0.791. The fourth-order valence-electron chi connectivity index (χ4n) is 2.36. The Kier molecular flexibility index (Phi) is 4.43. The zero-order valence-electron chi connectivity index (χ0n) is 11.3. The van der Waals surface area contributed by atoms with E-state index in [1.165, 1.54) is 0 Å². The lowest BCUT2D eigenvalue weighted by Crippen LogP contribution is -2.46. The Balaban J connectivity index is 1.85. The van der Waals surface area contributed by atoms with Crippen LogP contribution in [-0.4, -0.2) is 27.4 Å². The van der Waals surface area contributed by atoms with E-state index in [1.54, 1.807) is 0 Å². The van der Waals surface area contributed by atoms with Gasteiger partial charge in [0.05, 0.1) is 37.1 Å². The normalized spacial score (nSPS) is 25.7. The average molecular weight is 295 g/mol. The van der Waals surface area contributed by atoms with Crippen LogP contribution >= 0.6 is 0 Å². The maximum absolute atomic E-state index is 11.4. The molecule has 0 unspecified atom stereocenters. The third-order valence-corrected chi connectivity index (χ3v) is 4.92. The van der Waals surface area contributed by atoms with Gasteiger partial charge in [0, 0.05) is 0 Å². The Bertz CT molecular complexity index is 585. The van der Waals surface area contributed by atoms with Crippen LogP contribution in [0.25, 0.3) is 0 Å². The van der Waals surface area contributed by atoms with Crippen LogP contribution in [0.4, 0.5) is 0 Å². The third-order valence-electron chi connectivity index (χ3n) is 3.51. The Morgan fingerprint density at radius 3 is 2.55 bits per heavy atom. The van der Waals surface area contributed by atoms with Gasteiger partial charge in [-0.15, -0.1) is 0 Å². The molecular formula is C14H17NO4S. The van der Waals surface area contributed by atoms with Gasteiger partial charge in [0.2, 0.25) is 0 Å². The first-order chi connectivity index (χ1) is 9.49. The van der Waals surface area contributed by atoms with Crippen LogP contribution in [0.1, 0.15) is 18.4 Å². The number of ether oxygens (including phenoxy) is 1. The summed E-state index contributed by atoms with van der Waals surface area (Å²) in [6.45, 7) is 0.476. The quantitative estimate of drug-likeness (QED) is 0.749. The van der Waals surface area contributed by atoms with E-state index in [1.807, 2.05) is 30.3 Å². The zero-order chi connectivity index (χ0) is 14.6. The molecule has 0 radical (unpaired) electrons. The highest BCUT2D eigenvalue weighted by atomic mass is 32.2. The predicted octanol–water partition coefficient (Wildman–Crippen LogP) is 1.85. The molecule has 0 N–H and O–H groups in total. The molecule has 0 amide bonds. The second-order valence-corrected chi connectivity index (χ2v) is 6.83. The topological polar surface area (TPSA) is 76.4 Å². The Labute approximate surface area is 119 Å². The number of hydrogen-bond acceptors (Lipinski definition) is 5. The first kappa shape index (κ1) is 15.0. The second-order valence-electron chi connectivity index (χ2n) is 5.09. The standard InChI is InChI=1S/C14H17NO4S/c1-18-20(16,17)11-14(10-15)7-13(8-14)19-9-12-5-3-2-4-6-12/h2-6,13H,7-9,11H2,1H3. The molecule has 0 atom stereocenters. The van der Waals surface area contributed by atoms with Crippen LogP contribution in [0.15, 0.2) is 30.3 Å². The molecule has 0 heterocycles. The van der Waals surface area contributed by atoms with Crippen molar-refractivity contribution in [3.05, 3.63) is 35.9 Å². The molecule has 2 rings (SSSR count). The molecule has 0 saturated heterocycles. The first-order valence-corrected chi connectivity index (χ1v) is 7.91. The van der Waals surface area contributed by atoms with E-state index in [0.717, 1.165) is 12.7 Å². The van der Waals surface area contributed by atoms with E-state index in [0.29, 0.717) is 19.4 Å². The smallest absolute Gasteiger partial charge is 0.268 e. The van der Waals surface area contributed by atoms with Crippen molar-refractivity contribution in [3.8, 4) is 6.07 Å². The summed E-state index contributed by atoms with van der Waals surface area (Å²) in [5.74, 6) is -0.266. The van der Waals surface area contributed by atoms with Crippen LogP contribution in [0.3, 0.4) is 0 Å². The number of nitrogens with zero attached hydrogens (tertiary/aromatic N) is 1. The molecule has 1 saturated carbocycles. The number of benzene rings is 1. The number of rotatable bonds is 6. The van der Waals surface area contributed by atoms with Gasteiger partial charge in [-0.2, -0.15) is 13.7 Å². The highest BCUT2D eigenvalue weighted by Crippen LogP contribution is 2.43. The molecule has 0 aliphatic heterocycles. The Hall–Kier alpha value is -1.42. The summed E-state index contributed by atoms with van der Waals surface area (Å²) in [7, 11) is -2.51. The highest BCUT2D eigenvalue weighted by Gasteiger charge is 2.48. The molecule has 1 aromatic rings. The number of hydrogen-bond donors (Lipinski definition) is 0. The van der Waals surface area contributed by atoms with Crippen molar-refractivity contribution in [1.29, 1.82) is 5.26 Å². The first-order valence-electron chi connectivity index (χ1n) is 6.34. The van der Waals surface area contributed by atoms with Crippen LogP contribution in [0, 0.1) is 16.7 Å². The molecule has 1 aliphatic rings. The van der Waals surface area contributed by atoms with Crippen molar-refractivity contribution in [2.45, 2.75) is 25.6 Å². The second kappa shape index (κ2) is 5.92. The van der Waals surface area contributed by atoms with E-state index in [9.17, 15) is 13.7 Å². The van der Waals surface area contributed by atoms with Crippen molar-refractivity contribution in [2.75, 3.05) is 12.9 Å². The fourth-order valence-corrected chi connectivity index (χ4v) is 3.45. The van der Waals surface area contributed by atoms with Gasteiger partial charge in [-0.05, 0) is 18.4 Å². The molecule has 6 heteroatoms. The van der Waals surface area contributed by atoms with Gasteiger partial charge in [0.1, 0.15) is 0 Å². The van der Waals surface area contributed by atoms with Crippen LogP contribution in [0.5, 0.6) is 0 Å². The lowest BCUT2D eigenvalue weighted by atomic mass is 9.69. The Morgan fingerprint density at radius 2 is 2.00 bits per heavy atom. The van der Waals surface area contributed by atoms with E-state index in [2.05, 4.69) is 10.3 Å². The lowest BCUT2D eigenvalue weighted by molar-refractivity contribution is -0.0582. The van der Waals surface area contributed by atoms with Crippen molar-refractivity contribution >= 4 is 10.1 Å². The maximum atomic E-state index is 11.4. The predicted molar refractivity (Wildman–Crippen MR) is 73.1 cm³/mol. The van der Waals surface area contributed by atoms with Gasteiger partial charge in [-0.1, -0.05) is 30.3 Å². The molecule has 0 aromatic heterocycles. The lowest BCUT2D eigenvalue weighted by Gasteiger charge is -2.41. The summed E-state index contributed by atoms with van der Waals surface area (Å²) in [5.41, 5.74) is 0.197. The number of nitriles is 1. The fraction of sp³-hybridized carbons (Fsp3) is 0.500. The van der Waals surface area contributed by atoms with E-state index in [-0.39, 0.29) is 11.9 Å². The van der Waals surface area contributed by atoms with Gasteiger partial charge in [0.25, 0.3) is 10.1 Å². The minimum Gasteiger partial charge on any atom is -0.373 e. The monoisotopic (exact) mass is 295 g/mol. The molecule has 0 spiro atoms. The molecule has 1 aromatic carbocycles. The molecular weight excluding hydrogens is 278 g/mol. The Morgan fingerprint density at radius 1 is 1.35 bits per heavy atom. The van der Waals surface area contributed by atoms with Crippen molar-refractivity contribution in [2.24, 2.45) is 5.41 Å². The molecule has 20 heavy (non-hydrogen) atoms. The summed E-state index contributed by atoms with van der Waals surface area (Å²) >= 11 is 0. The largest absolute Gasteiger partial charge is 0.373 e. The van der Waals surface area contributed by atoms with Crippen molar-refractivity contribution < 1.29 is 17.3 Å². The summed E-state index contributed by atoms with van der Waals surface area (Å²) in [6, 6.07) is 11.8. The molecule has 1 aliphatic carbocycles. The van der Waals surface area contributed by atoms with Crippen LogP contribution in [0.2, 0.25) is 0 Å². The van der Waals surface area contributed by atoms with E-state index in [4.69, 9.17) is 4.74 Å². The molecule has 108 valence electrons. The summed E-state index contributed by atoms with van der Waals surface area (Å²) < 4.78 is 33.0. The van der Waals surface area contributed by atoms with Crippen molar-refractivity contribution in [1.82, 2.24) is 0 Å². The van der Waals surface area contributed by atoms with E-state index >= 15 is 0 Å². The van der Waals surface area contributed by atoms with E-state index < -0.39 is 15.5 Å². The molecule has 5 nitrogen and oxygen atoms in total. The molecule has 0 bridgehead atoms. The maximum Gasteiger partial charge on any atom is 0.268 e. The van der Waals surface area contributed by atoms with Crippen molar-refractivity contribution in [3.63, 3.8) is 0 Å². The van der Waals surface area contributed by atoms with Gasteiger partial charge < -0.3 is 4.74 Å². The van der Waals surface area contributed by atoms with Crippen LogP contribution in [-0.2, 0) is 25.6 Å². The zero-order valence-corrected chi connectivity index (χ0v) is 12.1. The SMILES string of the molecule is COS(=O)(=O)CC1(C#N)CC(OCc2ccccc2)C1. The van der Waals surface area contributed by atoms with Gasteiger partial charge in [0.15, 0.2) is 0 Å². The summed E-state index contributed by atoms with van der Waals surface area (Å²) in [5, 5.41) is 9.17. The average Bonchev–Trinajstić information content (AvgIpc) is 2.42. The van der Waals surface area contributed by atoms with Gasteiger partial charge >= 0.3 is 0 Å².